The van der Waals surface area contributed by atoms with Crippen LogP contribution >= 0.6 is 11.6 Å². The van der Waals surface area contributed by atoms with Crippen LogP contribution < -0.4 is 15.6 Å². The van der Waals surface area contributed by atoms with Crippen LogP contribution in [0.3, 0.4) is 0 Å². The number of rotatable bonds is 6. The molecule has 0 aliphatic carbocycles. The fraction of sp³-hybridized carbons (Fsp3) is 0.240. The molecule has 2 aromatic carbocycles. The zero-order valence-corrected chi connectivity index (χ0v) is 21.6. The van der Waals surface area contributed by atoms with Crippen molar-refractivity contribution in [3.63, 3.8) is 0 Å². The first-order valence-electron chi connectivity index (χ1n) is 11.2. The lowest BCUT2D eigenvalue weighted by Crippen LogP contribution is -2.36. The largest absolute Gasteiger partial charge is 0.496 e. The Bertz CT molecular complexity index is 1510. The van der Waals surface area contributed by atoms with E-state index in [1.165, 1.54) is 18.5 Å². The number of carbonyl (C=O) groups excluding carboxylic acids is 1. The number of anilines is 1. The number of nitrogens with one attached hydrogen (secondary N) is 2. The molecule has 0 saturated carbocycles. The molecule has 2 N–H and O–H groups in total. The SMILES string of the molecule is COc1cc(-c2c(Cl)n(-c3cccc([N+](=O)[O-])c3)c3ncnc(NNC(=O)OC(C)(C)C)c23)ccc1C. The minimum Gasteiger partial charge on any atom is -0.496 e. The van der Waals surface area contributed by atoms with Crippen molar-refractivity contribution in [1.82, 2.24) is 20.0 Å². The van der Waals surface area contributed by atoms with E-state index in [2.05, 4.69) is 20.8 Å². The molecule has 11 nitrogen and oxygen atoms in total. The lowest BCUT2D eigenvalue weighted by Gasteiger charge is -2.20. The van der Waals surface area contributed by atoms with Gasteiger partial charge in [-0.1, -0.05) is 29.8 Å². The molecule has 37 heavy (non-hydrogen) atoms. The maximum Gasteiger partial charge on any atom is 0.426 e. The third kappa shape index (κ3) is 5.26. The number of hydrazine groups is 1. The molecule has 0 fully saturated rings. The van der Waals surface area contributed by atoms with E-state index in [4.69, 9.17) is 21.1 Å². The van der Waals surface area contributed by atoms with Gasteiger partial charge in [0.2, 0.25) is 0 Å². The van der Waals surface area contributed by atoms with Crippen molar-refractivity contribution in [3.05, 3.63) is 69.6 Å². The number of halogens is 1. The molecule has 2 aromatic heterocycles. The van der Waals surface area contributed by atoms with Crippen LogP contribution in [0.15, 0.2) is 48.8 Å². The summed E-state index contributed by atoms with van der Waals surface area (Å²) in [7, 11) is 1.57. The third-order valence-electron chi connectivity index (χ3n) is 5.37. The van der Waals surface area contributed by atoms with Gasteiger partial charge in [-0.2, -0.15) is 0 Å². The smallest absolute Gasteiger partial charge is 0.426 e. The highest BCUT2D eigenvalue weighted by Crippen LogP contribution is 2.43. The lowest BCUT2D eigenvalue weighted by molar-refractivity contribution is -0.384. The number of hydrogen-bond donors (Lipinski definition) is 2. The monoisotopic (exact) mass is 524 g/mol. The molecule has 1 amide bonds. The van der Waals surface area contributed by atoms with E-state index in [0.29, 0.717) is 33.6 Å². The van der Waals surface area contributed by atoms with Gasteiger partial charge in [0, 0.05) is 17.7 Å². The number of benzene rings is 2. The number of fused-ring (bicyclic) bond motifs is 1. The molecule has 0 unspecified atom stereocenters. The van der Waals surface area contributed by atoms with Crippen LogP contribution in [-0.2, 0) is 4.74 Å². The van der Waals surface area contributed by atoms with Crippen LogP contribution in [0.4, 0.5) is 16.3 Å². The van der Waals surface area contributed by atoms with E-state index in [1.54, 1.807) is 44.6 Å². The zero-order chi connectivity index (χ0) is 26.9. The van der Waals surface area contributed by atoms with Gasteiger partial charge >= 0.3 is 6.09 Å². The number of nitro benzene ring substituents is 1. The Morgan fingerprint density at radius 1 is 1.16 bits per heavy atom. The van der Waals surface area contributed by atoms with Crippen molar-refractivity contribution >= 4 is 40.2 Å². The van der Waals surface area contributed by atoms with E-state index < -0.39 is 16.6 Å². The molecule has 0 aliphatic heterocycles. The fourth-order valence-electron chi connectivity index (χ4n) is 3.81. The minimum atomic E-state index is -0.706. The second-order valence-electron chi connectivity index (χ2n) is 9.14. The summed E-state index contributed by atoms with van der Waals surface area (Å²) < 4.78 is 12.4. The summed E-state index contributed by atoms with van der Waals surface area (Å²) in [5, 5.41) is 12.1. The van der Waals surface area contributed by atoms with Gasteiger partial charge in [-0.3, -0.25) is 20.1 Å². The Balaban J connectivity index is 1.94. The normalized spacial score (nSPS) is 11.3. The molecule has 12 heteroatoms. The van der Waals surface area contributed by atoms with Gasteiger partial charge < -0.3 is 9.47 Å². The Hall–Kier alpha value is -4.38. The van der Waals surface area contributed by atoms with Crippen LogP contribution in [0, 0.1) is 17.0 Å². The lowest BCUT2D eigenvalue weighted by atomic mass is 10.0. The highest BCUT2D eigenvalue weighted by molar-refractivity contribution is 6.35. The number of amides is 1. The van der Waals surface area contributed by atoms with Gasteiger partial charge in [0.15, 0.2) is 11.5 Å². The summed E-state index contributed by atoms with van der Waals surface area (Å²) >= 11 is 6.95. The van der Waals surface area contributed by atoms with Gasteiger partial charge in [0.1, 0.15) is 22.8 Å². The second-order valence-corrected chi connectivity index (χ2v) is 9.49. The van der Waals surface area contributed by atoms with Gasteiger partial charge in [-0.25, -0.2) is 20.2 Å². The van der Waals surface area contributed by atoms with Crippen molar-refractivity contribution in [2.75, 3.05) is 12.5 Å². The van der Waals surface area contributed by atoms with Crippen LogP contribution in [-0.4, -0.2) is 38.3 Å². The molecule has 4 aromatic rings. The first kappa shape index (κ1) is 25.7. The molecule has 0 saturated heterocycles. The van der Waals surface area contributed by atoms with Crippen LogP contribution in [0.1, 0.15) is 26.3 Å². The highest BCUT2D eigenvalue weighted by Gasteiger charge is 2.25. The molecule has 0 radical (unpaired) electrons. The van der Waals surface area contributed by atoms with E-state index in [1.807, 2.05) is 25.1 Å². The predicted octanol–water partition coefficient (Wildman–Crippen LogP) is 5.82. The molecule has 2 heterocycles. The number of hydrogen-bond acceptors (Lipinski definition) is 8. The summed E-state index contributed by atoms with van der Waals surface area (Å²) in [6, 6.07) is 11.6. The second kappa shape index (κ2) is 9.94. The average Bonchev–Trinajstić information content (AvgIpc) is 3.14. The van der Waals surface area contributed by atoms with E-state index >= 15 is 0 Å². The quantitative estimate of drug-likeness (QED) is 0.238. The van der Waals surface area contributed by atoms with Gasteiger partial charge in [-0.15, -0.1) is 0 Å². The molecule has 192 valence electrons. The maximum absolute atomic E-state index is 12.3. The Morgan fingerprint density at radius 3 is 2.59 bits per heavy atom. The molecule has 0 aliphatic rings. The summed E-state index contributed by atoms with van der Waals surface area (Å²) in [6.45, 7) is 7.16. The number of nitrogens with zero attached hydrogens (tertiary/aromatic N) is 4. The summed E-state index contributed by atoms with van der Waals surface area (Å²) in [4.78, 5) is 32.0. The van der Waals surface area contributed by atoms with Crippen LogP contribution in [0.2, 0.25) is 5.15 Å². The van der Waals surface area contributed by atoms with Crippen molar-refractivity contribution < 1.29 is 19.2 Å². The topological polar surface area (TPSA) is 133 Å². The fourth-order valence-corrected chi connectivity index (χ4v) is 4.19. The number of non-ortho nitro benzene ring substituents is 1. The molecular weight excluding hydrogens is 500 g/mol. The van der Waals surface area contributed by atoms with Crippen molar-refractivity contribution in [1.29, 1.82) is 0 Å². The van der Waals surface area contributed by atoms with E-state index in [0.717, 1.165) is 5.56 Å². The summed E-state index contributed by atoms with van der Waals surface area (Å²) in [6.07, 6.45) is 0.590. The molecule has 0 spiro atoms. The van der Waals surface area contributed by atoms with Crippen molar-refractivity contribution in [3.8, 4) is 22.6 Å². The van der Waals surface area contributed by atoms with Gasteiger partial charge in [-0.05, 0) is 51.0 Å². The Labute approximate surface area is 217 Å². The first-order chi connectivity index (χ1) is 17.5. The predicted molar refractivity (Wildman–Crippen MR) is 140 cm³/mol. The third-order valence-corrected chi connectivity index (χ3v) is 5.73. The number of ether oxygens (including phenoxy) is 2. The Morgan fingerprint density at radius 2 is 1.92 bits per heavy atom. The average molecular weight is 525 g/mol. The molecule has 0 bridgehead atoms. The van der Waals surface area contributed by atoms with E-state index in [-0.39, 0.29) is 16.7 Å². The minimum absolute atomic E-state index is 0.104. The molecule has 0 atom stereocenters. The summed E-state index contributed by atoms with van der Waals surface area (Å²) in [5.74, 6) is 0.888. The van der Waals surface area contributed by atoms with Crippen molar-refractivity contribution in [2.24, 2.45) is 0 Å². The van der Waals surface area contributed by atoms with Crippen molar-refractivity contribution in [2.45, 2.75) is 33.3 Å². The number of nitro groups is 1. The van der Waals surface area contributed by atoms with Gasteiger partial charge in [0.05, 0.1) is 23.1 Å². The maximum atomic E-state index is 12.3. The van der Waals surface area contributed by atoms with E-state index in [9.17, 15) is 14.9 Å². The Kier molecular flexibility index (Phi) is 6.90. The number of methoxy groups -OCH3 is 1. The molecule has 4 rings (SSSR count). The standard InChI is InChI=1S/C25H25ClN6O5/c1-14-9-10-15(11-18(14)36-5)19-20-22(29-30-24(33)37-25(2,3)4)27-13-28-23(20)31(21(19)26)16-7-6-8-17(12-16)32(34)35/h6-13H,1-5H3,(H,30,33)(H,27,28,29). The summed E-state index contributed by atoms with van der Waals surface area (Å²) in [5.41, 5.74) is 7.42. The zero-order valence-electron chi connectivity index (χ0n) is 20.8. The van der Waals surface area contributed by atoms with Crippen LogP contribution in [0.25, 0.3) is 27.8 Å². The first-order valence-corrected chi connectivity index (χ1v) is 11.6. The number of aromatic nitrogens is 3. The molecular formula is C25H25ClN6O5. The number of aryl methyl sites for hydroxylation is 1. The van der Waals surface area contributed by atoms with Gasteiger partial charge in [0.25, 0.3) is 5.69 Å². The number of carbonyl (C=O) groups is 1. The highest BCUT2D eigenvalue weighted by atomic mass is 35.5. The van der Waals surface area contributed by atoms with Crippen LogP contribution in [0.5, 0.6) is 5.75 Å².